The number of aromatic nitrogens is 5. The molecule has 0 spiro atoms. The topological polar surface area (TPSA) is 82.5 Å². The summed E-state index contributed by atoms with van der Waals surface area (Å²) in [7, 11) is 1.92. The molecule has 6 heteroatoms. The average molecular weight is 226 g/mol. The van der Waals surface area contributed by atoms with Gasteiger partial charge in [-0.2, -0.15) is 0 Å². The maximum absolute atomic E-state index is 5.80. The fourth-order valence-corrected chi connectivity index (χ4v) is 1.78. The number of anilines is 1. The predicted octanol–water partition coefficient (Wildman–Crippen LogP) is 1.01. The molecule has 0 bridgehead atoms. The van der Waals surface area contributed by atoms with Gasteiger partial charge in [0.2, 0.25) is 0 Å². The number of nitrogen functional groups attached to an aromatic ring is 1. The highest BCUT2D eigenvalue weighted by Gasteiger charge is 2.13. The molecule has 3 aromatic rings. The van der Waals surface area contributed by atoms with E-state index in [0.717, 1.165) is 11.0 Å². The van der Waals surface area contributed by atoms with Crippen LogP contribution in [-0.4, -0.2) is 24.5 Å². The summed E-state index contributed by atoms with van der Waals surface area (Å²) in [5.74, 6) is 1.07. The minimum atomic E-state index is 0.374. The van der Waals surface area contributed by atoms with Crippen molar-refractivity contribution in [1.82, 2.24) is 24.5 Å². The molecule has 0 fully saturated rings. The molecule has 0 atom stereocenters. The van der Waals surface area contributed by atoms with Crippen LogP contribution in [0.3, 0.4) is 0 Å². The SMILES string of the molecule is Cn1c(-c2nccnc2N)nc2cnccc21. The highest BCUT2D eigenvalue weighted by atomic mass is 15.1. The van der Waals surface area contributed by atoms with Crippen LogP contribution in [0.25, 0.3) is 22.6 Å². The fraction of sp³-hybridized carbons (Fsp3) is 0.0909. The first kappa shape index (κ1) is 9.71. The van der Waals surface area contributed by atoms with E-state index in [1.54, 1.807) is 24.8 Å². The van der Waals surface area contributed by atoms with Crippen LogP contribution in [0.2, 0.25) is 0 Å². The van der Waals surface area contributed by atoms with Crippen molar-refractivity contribution < 1.29 is 0 Å². The zero-order valence-electron chi connectivity index (χ0n) is 9.20. The summed E-state index contributed by atoms with van der Waals surface area (Å²) in [6.07, 6.45) is 6.60. The first-order valence-electron chi connectivity index (χ1n) is 5.10. The molecular weight excluding hydrogens is 216 g/mol. The molecule has 0 saturated carbocycles. The lowest BCUT2D eigenvalue weighted by Gasteiger charge is -2.03. The van der Waals surface area contributed by atoms with Crippen molar-refractivity contribution in [2.75, 3.05) is 5.73 Å². The van der Waals surface area contributed by atoms with E-state index in [9.17, 15) is 0 Å². The van der Waals surface area contributed by atoms with Gasteiger partial charge in [-0.05, 0) is 6.07 Å². The summed E-state index contributed by atoms with van der Waals surface area (Å²) >= 11 is 0. The van der Waals surface area contributed by atoms with Crippen LogP contribution in [-0.2, 0) is 7.05 Å². The number of imidazole rings is 1. The van der Waals surface area contributed by atoms with Gasteiger partial charge in [0.15, 0.2) is 11.6 Å². The Morgan fingerprint density at radius 3 is 2.76 bits per heavy atom. The summed E-state index contributed by atoms with van der Waals surface area (Å²) in [6.45, 7) is 0. The van der Waals surface area contributed by atoms with Crippen LogP contribution in [0.1, 0.15) is 0 Å². The Morgan fingerprint density at radius 1 is 1.18 bits per heavy atom. The third kappa shape index (κ3) is 1.42. The van der Waals surface area contributed by atoms with E-state index in [4.69, 9.17) is 5.73 Å². The molecule has 84 valence electrons. The van der Waals surface area contributed by atoms with Crippen molar-refractivity contribution in [3.05, 3.63) is 30.9 Å². The van der Waals surface area contributed by atoms with Crippen molar-refractivity contribution in [3.8, 4) is 11.5 Å². The third-order valence-electron chi connectivity index (χ3n) is 2.62. The number of aryl methyl sites for hydroxylation is 1. The van der Waals surface area contributed by atoms with Crippen LogP contribution in [0.15, 0.2) is 30.9 Å². The maximum Gasteiger partial charge on any atom is 0.163 e. The highest BCUT2D eigenvalue weighted by Crippen LogP contribution is 2.23. The van der Waals surface area contributed by atoms with Gasteiger partial charge >= 0.3 is 0 Å². The van der Waals surface area contributed by atoms with Gasteiger partial charge in [0.1, 0.15) is 11.2 Å². The lowest BCUT2D eigenvalue weighted by molar-refractivity contribution is 0.947. The van der Waals surface area contributed by atoms with Crippen molar-refractivity contribution in [2.24, 2.45) is 7.05 Å². The predicted molar refractivity (Wildman–Crippen MR) is 63.9 cm³/mol. The van der Waals surface area contributed by atoms with Crippen LogP contribution in [0, 0.1) is 0 Å². The van der Waals surface area contributed by atoms with Gasteiger partial charge in [-0.25, -0.2) is 15.0 Å². The Hall–Kier alpha value is -2.50. The molecular formula is C11H10N6. The van der Waals surface area contributed by atoms with E-state index in [-0.39, 0.29) is 0 Å². The van der Waals surface area contributed by atoms with Crippen molar-refractivity contribution in [3.63, 3.8) is 0 Å². The van der Waals surface area contributed by atoms with Gasteiger partial charge < -0.3 is 10.3 Å². The van der Waals surface area contributed by atoms with Gasteiger partial charge in [0.25, 0.3) is 0 Å². The van der Waals surface area contributed by atoms with E-state index < -0.39 is 0 Å². The quantitative estimate of drug-likeness (QED) is 0.669. The standard InChI is InChI=1S/C11H10N6/c1-17-8-2-3-13-6-7(8)16-11(17)9-10(12)15-5-4-14-9/h2-6H,1H3,(H2,12,15). The summed E-state index contributed by atoms with van der Waals surface area (Å²) in [5, 5.41) is 0. The summed E-state index contributed by atoms with van der Waals surface area (Å²) < 4.78 is 1.93. The average Bonchev–Trinajstić information content (AvgIpc) is 2.68. The zero-order valence-corrected chi connectivity index (χ0v) is 9.20. The van der Waals surface area contributed by atoms with E-state index in [0.29, 0.717) is 17.3 Å². The van der Waals surface area contributed by atoms with Crippen molar-refractivity contribution >= 4 is 16.9 Å². The number of fused-ring (bicyclic) bond motifs is 1. The summed E-state index contributed by atoms with van der Waals surface area (Å²) in [6, 6.07) is 1.90. The van der Waals surface area contributed by atoms with Crippen molar-refractivity contribution in [1.29, 1.82) is 0 Å². The largest absolute Gasteiger partial charge is 0.382 e. The third-order valence-corrected chi connectivity index (χ3v) is 2.62. The van der Waals surface area contributed by atoms with Gasteiger partial charge in [-0.1, -0.05) is 0 Å². The molecule has 6 nitrogen and oxygen atoms in total. The molecule has 0 aliphatic heterocycles. The Balaban J connectivity index is 2.32. The maximum atomic E-state index is 5.80. The molecule has 0 aliphatic carbocycles. The van der Waals surface area contributed by atoms with Crippen molar-refractivity contribution in [2.45, 2.75) is 0 Å². The number of pyridine rings is 1. The van der Waals surface area contributed by atoms with Gasteiger partial charge in [-0.15, -0.1) is 0 Å². The van der Waals surface area contributed by atoms with Crippen LogP contribution in [0.5, 0.6) is 0 Å². The summed E-state index contributed by atoms with van der Waals surface area (Å²) in [5.41, 5.74) is 8.19. The minimum Gasteiger partial charge on any atom is -0.382 e. The zero-order chi connectivity index (χ0) is 11.8. The van der Waals surface area contributed by atoms with Crippen LogP contribution >= 0.6 is 0 Å². The molecule has 0 unspecified atom stereocenters. The Kier molecular flexibility index (Phi) is 2.01. The van der Waals surface area contributed by atoms with E-state index in [2.05, 4.69) is 19.9 Å². The monoisotopic (exact) mass is 226 g/mol. The van der Waals surface area contributed by atoms with E-state index >= 15 is 0 Å². The molecule has 0 aromatic carbocycles. The second-order valence-corrected chi connectivity index (χ2v) is 3.65. The molecule has 0 radical (unpaired) electrons. The summed E-state index contributed by atoms with van der Waals surface area (Å²) in [4.78, 5) is 16.7. The molecule has 0 aliphatic rings. The lowest BCUT2D eigenvalue weighted by Crippen LogP contribution is -2.00. The second kappa shape index (κ2) is 3.51. The van der Waals surface area contributed by atoms with Crippen LogP contribution < -0.4 is 5.73 Å². The second-order valence-electron chi connectivity index (χ2n) is 3.65. The molecule has 3 aromatic heterocycles. The number of rotatable bonds is 1. The lowest BCUT2D eigenvalue weighted by atomic mass is 10.4. The Labute approximate surface area is 97.2 Å². The molecule has 0 amide bonds. The van der Waals surface area contributed by atoms with Gasteiger partial charge in [-0.3, -0.25) is 4.98 Å². The first-order chi connectivity index (χ1) is 8.27. The first-order valence-corrected chi connectivity index (χ1v) is 5.10. The normalized spacial score (nSPS) is 10.9. The number of hydrogen-bond donors (Lipinski definition) is 1. The highest BCUT2D eigenvalue weighted by molar-refractivity contribution is 5.80. The van der Waals surface area contributed by atoms with E-state index in [1.807, 2.05) is 17.7 Å². The molecule has 0 saturated heterocycles. The molecule has 3 rings (SSSR count). The number of nitrogens with two attached hydrogens (primary N) is 1. The number of hydrogen-bond acceptors (Lipinski definition) is 5. The van der Waals surface area contributed by atoms with Gasteiger partial charge in [0, 0.05) is 25.6 Å². The van der Waals surface area contributed by atoms with Gasteiger partial charge in [0.05, 0.1) is 11.7 Å². The molecule has 3 heterocycles. The molecule has 17 heavy (non-hydrogen) atoms. The number of nitrogens with zero attached hydrogens (tertiary/aromatic N) is 5. The van der Waals surface area contributed by atoms with E-state index in [1.165, 1.54) is 0 Å². The van der Waals surface area contributed by atoms with Crippen LogP contribution in [0.4, 0.5) is 5.82 Å². The molecule has 2 N–H and O–H groups in total. The Morgan fingerprint density at radius 2 is 2.00 bits per heavy atom. The fourth-order valence-electron chi connectivity index (χ4n) is 1.78. The Bertz CT molecular complexity index is 687. The smallest absolute Gasteiger partial charge is 0.163 e. The minimum absolute atomic E-state index is 0.374.